The molecule has 0 aliphatic rings. The highest BCUT2D eigenvalue weighted by Gasteiger charge is 2.34. The van der Waals surface area contributed by atoms with Crippen LogP contribution in [0, 0.1) is 10.1 Å². The van der Waals surface area contributed by atoms with Gasteiger partial charge in [0, 0.05) is 23.9 Å². The van der Waals surface area contributed by atoms with Crippen LogP contribution in [0.1, 0.15) is 33.3 Å². The number of nitro groups is 1. The molecule has 0 heterocycles. The predicted octanol–water partition coefficient (Wildman–Crippen LogP) is 3.03. The Morgan fingerprint density at radius 2 is 1.74 bits per heavy atom. The van der Waals surface area contributed by atoms with Gasteiger partial charge in [-0.1, -0.05) is 18.2 Å². The quantitative estimate of drug-likeness (QED) is 0.286. The minimum absolute atomic E-state index is 0.0527. The van der Waals surface area contributed by atoms with Crippen LogP contribution < -0.4 is 10.8 Å². The summed E-state index contributed by atoms with van der Waals surface area (Å²) in [6.07, 6.45) is -0.727. The normalized spacial score (nSPS) is 12.6. The summed E-state index contributed by atoms with van der Waals surface area (Å²) in [5.74, 6) is -1.02. The molecule has 1 atom stereocenters. The fourth-order valence-electron chi connectivity index (χ4n) is 2.91. The number of hydroxylamine groups is 1. The summed E-state index contributed by atoms with van der Waals surface area (Å²) >= 11 is 0. The van der Waals surface area contributed by atoms with Crippen LogP contribution in [0.3, 0.4) is 0 Å². The lowest BCUT2D eigenvalue weighted by Gasteiger charge is -2.27. The van der Waals surface area contributed by atoms with E-state index in [-0.39, 0.29) is 21.8 Å². The molecule has 2 rings (SSSR count). The maximum Gasteiger partial charge on any atom is 0.412 e. The van der Waals surface area contributed by atoms with E-state index >= 15 is 0 Å². The van der Waals surface area contributed by atoms with Gasteiger partial charge in [0.1, 0.15) is 11.6 Å². The van der Waals surface area contributed by atoms with Crippen LogP contribution in [-0.2, 0) is 26.1 Å². The van der Waals surface area contributed by atoms with E-state index in [1.165, 1.54) is 60.9 Å². The first-order chi connectivity index (χ1) is 15.8. The maximum atomic E-state index is 13.4. The first-order valence-corrected chi connectivity index (χ1v) is 11.5. The van der Waals surface area contributed by atoms with E-state index < -0.39 is 45.1 Å². The van der Waals surface area contributed by atoms with E-state index in [1.807, 2.05) is 0 Å². The van der Waals surface area contributed by atoms with Gasteiger partial charge in [0.25, 0.3) is 11.6 Å². The van der Waals surface area contributed by atoms with Crippen LogP contribution in [0.15, 0.2) is 53.4 Å². The third-order valence-electron chi connectivity index (χ3n) is 4.54. The molecule has 2 aromatic carbocycles. The third kappa shape index (κ3) is 6.73. The number of carbonyl (C=O) groups excluding carboxylic acids is 2. The molecule has 184 valence electrons. The van der Waals surface area contributed by atoms with Crippen molar-refractivity contribution >= 4 is 33.4 Å². The molecule has 0 saturated heterocycles. The molecule has 0 fully saturated rings. The smallest absolute Gasteiger partial charge is 0.412 e. The van der Waals surface area contributed by atoms with Gasteiger partial charge < -0.3 is 4.74 Å². The number of benzene rings is 2. The molecule has 1 unspecified atom stereocenters. The van der Waals surface area contributed by atoms with Crippen molar-refractivity contribution < 1.29 is 32.9 Å². The summed E-state index contributed by atoms with van der Waals surface area (Å²) in [7, 11) is -4.38. The summed E-state index contributed by atoms with van der Waals surface area (Å²) in [6, 6.07) is 9.19. The number of sulfonamides is 1. The molecule has 2 aromatic rings. The summed E-state index contributed by atoms with van der Waals surface area (Å²) in [4.78, 5) is 34.5. The Kier molecular flexibility index (Phi) is 8.31. The second kappa shape index (κ2) is 10.6. The fraction of sp³-hybridized carbons (Fsp3) is 0.333. The Bertz CT molecular complexity index is 1160. The number of para-hydroxylation sites is 1. The van der Waals surface area contributed by atoms with Gasteiger partial charge in [-0.2, -0.15) is 4.31 Å². The lowest BCUT2D eigenvalue weighted by molar-refractivity contribution is -0.385. The number of rotatable bonds is 8. The van der Waals surface area contributed by atoms with E-state index in [0.717, 1.165) is 4.31 Å². The molecule has 2 amide bonds. The van der Waals surface area contributed by atoms with Gasteiger partial charge in [0.15, 0.2) is 0 Å². The number of hydrogen-bond donors (Lipinski definition) is 3. The van der Waals surface area contributed by atoms with Crippen LogP contribution in [0.2, 0.25) is 0 Å². The van der Waals surface area contributed by atoms with E-state index in [4.69, 9.17) is 9.94 Å². The third-order valence-corrected chi connectivity index (χ3v) is 6.47. The van der Waals surface area contributed by atoms with E-state index in [1.54, 1.807) is 20.8 Å². The molecule has 34 heavy (non-hydrogen) atoms. The second-order valence-corrected chi connectivity index (χ2v) is 10.1. The van der Waals surface area contributed by atoms with Crippen molar-refractivity contribution in [3.05, 3.63) is 64.2 Å². The first-order valence-electron chi connectivity index (χ1n) is 10.0. The Labute approximate surface area is 196 Å². The number of hydrogen-bond acceptors (Lipinski definition) is 8. The minimum atomic E-state index is -4.38. The molecule has 0 spiro atoms. The average Bonchev–Trinajstić information content (AvgIpc) is 2.75. The highest BCUT2D eigenvalue weighted by atomic mass is 32.2. The number of anilines is 1. The zero-order chi connectivity index (χ0) is 25.7. The van der Waals surface area contributed by atoms with Gasteiger partial charge >= 0.3 is 6.09 Å². The number of ether oxygens (including phenoxy) is 1. The van der Waals surface area contributed by atoms with Gasteiger partial charge in [-0.3, -0.25) is 25.4 Å². The number of carbonyl (C=O) groups is 2. The van der Waals surface area contributed by atoms with Crippen LogP contribution in [0.4, 0.5) is 16.2 Å². The van der Waals surface area contributed by atoms with Crippen LogP contribution >= 0.6 is 0 Å². The minimum Gasteiger partial charge on any atom is -0.444 e. The van der Waals surface area contributed by atoms with Crippen molar-refractivity contribution in [1.82, 2.24) is 9.79 Å². The largest absolute Gasteiger partial charge is 0.444 e. The Morgan fingerprint density at radius 1 is 1.15 bits per heavy atom. The second-order valence-electron chi connectivity index (χ2n) is 8.24. The molecular formula is C21H26N4O8S. The Morgan fingerprint density at radius 3 is 2.26 bits per heavy atom. The zero-order valence-corrected chi connectivity index (χ0v) is 19.8. The standard InChI is InChI=1S/C21H26N4O8S/c1-14(19(26)23-28)24(13-15-7-5-6-8-18(15)25(29)30)34(31,32)17-11-9-16(10-12-17)22-20(27)33-21(2,3)4/h5-12,14,28H,13H2,1-4H3,(H,22,27)(H,23,26). The zero-order valence-electron chi connectivity index (χ0n) is 19.0. The summed E-state index contributed by atoms with van der Waals surface area (Å²) in [5, 5.41) is 22.9. The monoisotopic (exact) mass is 494 g/mol. The molecule has 13 heteroatoms. The maximum absolute atomic E-state index is 13.4. The van der Waals surface area contributed by atoms with Gasteiger partial charge in [-0.25, -0.2) is 18.7 Å². The van der Waals surface area contributed by atoms with Gasteiger partial charge in [-0.15, -0.1) is 0 Å². The predicted molar refractivity (Wildman–Crippen MR) is 122 cm³/mol. The lowest BCUT2D eigenvalue weighted by atomic mass is 10.1. The lowest BCUT2D eigenvalue weighted by Crippen LogP contribution is -2.46. The number of nitro benzene ring substituents is 1. The van der Waals surface area contributed by atoms with Crippen LogP contribution in [0.25, 0.3) is 0 Å². The van der Waals surface area contributed by atoms with Crippen molar-refractivity contribution in [2.75, 3.05) is 5.32 Å². The summed E-state index contributed by atoms with van der Waals surface area (Å²) < 4.78 is 32.6. The van der Waals surface area contributed by atoms with E-state index in [0.29, 0.717) is 0 Å². The molecule has 0 aliphatic carbocycles. The van der Waals surface area contributed by atoms with E-state index in [2.05, 4.69) is 5.32 Å². The van der Waals surface area contributed by atoms with Crippen molar-refractivity contribution in [3.63, 3.8) is 0 Å². The van der Waals surface area contributed by atoms with Gasteiger partial charge in [-0.05, 0) is 52.0 Å². The molecular weight excluding hydrogens is 468 g/mol. The number of nitrogens with one attached hydrogen (secondary N) is 2. The Balaban J connectivity index is 2.39. The summed E-state index contributed by atoms with van der Waals surface area (Å²) in [6.45, 7) is 5.80. The molecule has 0 bridgehead atoms. The topological polar surface area (TPSA) is 168 Å². The SMILES string of the molecule is CC(C(=O)NO)N(Cc1ccccc1[N+](=O)[O-])S(=O)(=O)c1ccc(NC(=O)OC(C)(C)C)cc1. The molecule has 3 N–H and O–H groups in total. The number of amides is 2. The van der Waals surface area contributed by atoms with Gasteiger partial charge in [0.2, 0.25) is 10.0 Å². The molecule has 0 aliphatic heterocycles. The van der Waals surface area contributed by atoms with Crippen LogP contribution in [0.5, 0.6) is 0 Å². The summed E-state index contributed by atoms with van der Waals surface area (Å²) in [5.41, 5.74) is 0.669. The average molecular weight is 495 g/mol. The molecule has 0 saturated carbocycles. The van der Waals surface area contributed by atoms with Crippen molar-refractivity contribution in [2.24, 2.45) is 0 Å². The van der Waals surface area contributed by atoms with Crippen molar-refractivity contribution in [3.8, 4) is 0 Å². The first kappa shape index (κ1) is 26.7. The van der Waals surface area contributed by atoms with Gasteiger partial charge in [0.05, 0.1) is 9.82 Å². The fourth-order valence-corrected chi connectivity index (χ4v) is 4.48. The highest BCUT2D eigenvalue weighted by molar-refractivity contribution is 7.89. The van der Waals surface area contributed by atoms with Crippen molar-refractivity contribution in [2.45, 2.75) is 50.8 Å². The van der Waals surface area contributed by atoms with E-state index in [9.17, 15) is 28.1 Å². The molecule has 0 radical (unpaired) electrons. The van der Waals surface area contributed by atoms with Crippen LogP contribution in [-0.4, -0.2) is 46.5 Å². The highest BCUT2D eigenvalue weighted by Crippen LogP contribution is 2.26. The molecule has 12 nitrogen and oxygen atoms in total. The molecule has 0 aromatic heterocycles. The Hall–Kier alpha value is -3.55. The van der Waals surface area contributed by atoms with Crippen molar-refractivity contribution in [1.29, 1.82) is 0 Å². The number of nitrogens with zero attached hydrogens (tertiary/aromatic N) is 2.